The van der Waals surface area contributed by atoms with Gasteiger partial charge in [0.1, 0.15) is 11.5 Å². The second-order valence-electron chi connectivity index (χ2n) is 4.65. The van der Waals surface area contributed by atoms with E-state index in [2.05, 4.69) is 10.2 Å². The monoisotopic (exact) mass is 267 g/mol. The Hall–Kier alpha value is -1.30. The van der Waals surface area contributed by atoms with Gasteiger partial charge in [-0.2, -0.15) is 0 Å². The highest BCUT2D eigenvalue weighted by atomic mass is 16.5. The molecule has 0 aromatic heterocycles. The van der Waals surface area contributed by atoms with Gasteiger partial charge in [0.15, 0.2) is 0 Å². The highest BCUT2D eigenvalue weighted by Crippen LogP contribution is 2.28. The van der Waals surface area contributed by atoms with Gasteiger partial charge in [0, 0.05) is 37.3 Å². The molecule has 1 unspecified atom stereocenters. The predicted octanol–water partition coefficient (Wildman–Crippen LogP) is 0.855. The third kappa shape index (κ3) is 4.70. The van der Waals surface area contributed by atoms with Crippen molar-refractivity contribution in [3.8, 4) is 11.5 Å². The Bertz CT molecular complexity index is 383. The molecule has 0 saturated heterocycles. The lowest BCUT2D eigenvalue weighted by molar-refractivity contribution is 0.370. The lowest BCUT2D eigenvalue weighted by atomic mass is 10.1. The van der Waals surface area contributed by atoms with Crippen molar-refractivity contribution < 1.29 is 9.47 Å². The molecular weight excluding hydrogens is 242 g/mol. The molecule has 0 amide bonds. The lowest BCUT2D eigenvalue weighted by Gasteiger charge is -2.21. The van der Waals surface area contributed by atoms with Crippen LogP contribution in [0.4, 0.5) is 0 Å². The molecule has 0 bridgehead atoms. The van der Waals surface area contributed by atoms with Gasteiger partial charge in [0.05, 0.1) is 14.2 Å². The lowest BCUT2D eigenvalue weighted by Crippen LogP contribution is -2.33. The largest absolute Gasteiger partial charge is 0.497 e. The van der Waals surface area contributed by atoms with E-state index < -0.39 is 0 Å². The average Bonchev–Trinajstić information content (AvgIpc) is 2.42. The average molecular weight is 267 g/mol. The maximum Gasteiger partial charge on any atom is 0.127 e. The Labute approximate surface area is 115 Å². The smallest absolute Gasteiger partial charge is 0.127 e. The van der Waals surface area contributed by atoms with Crippen molar-refractivity contribution in [2.24, 2.45) is 5.73 Å². The highest BCUT2D eigenvalue weighted by molar-refractivity contribution is 5.42. The summed E-state index contributed by atoms with van der Waals surface area (Å²) in [6, 6.07) is 5.89. The SMILES string of the molecule is COc1ccc(C(CN)NCCN(C)C)c(OC)c1. The third-order valence-electron chi connectivity index (χ3n) is 3.00. The van der Waals surface area contributed by atoms with E-state index in [1.807, 2.05) is 32.3 Å². The molecule has 0 heterocycles. The number of nitrogens with zero attached hydrogens (tertiary/aromatic N) is 1. The zero-order valence-corrected chi connectivity index (χ0v) is 12.3. The summed E-state index contributed by atoms with van der Waals surface area (Å²) in [6.45, 7) is 2.37. The minimum atomic E-state index is 0.0841. The zero-order chi connectivity index (χ0) is 14.3. The number of benzene rings is 1. The molecule has 0 aliphatic carbocycles. The van der Waals surface area contributed by atoms with Crippen LogP contribution < -0.4 is 20.5 Å². The molecule has 0 aliphatic rings. The summed E-state index contributed by atoms with van der Waals surface area (Å²) < 4.78 is 10.6. The molecule has 1 aromatic carbocycles. The Kier molecular flexibility index (Phi) is 6.62. The third-order valence-corrected chi connectivity index (χ3v) is 3.00. The van der Waals surface area contributed by atoms with E-state index in [9.17, 15) is 0 Å². The molecular formula is C14H25N3O2. The Morgan fingerprint density at radius 1 is 1.26 bits per heavy atom. The number of nitrogens with one attached hydrogen (secondary N) is 1. The number of nitrogens with two attached hydrogens (primary N) is 1. The summed E-state index contributed by atoms with van der Waals surface area (Å²) in [5.74, 6) is 1.58. The molecule has 108 valence electrons. The van der Waals surface area contributed by atoms with E-state index in [0.717, 1.165) is 30.2 Å². The van der Waals surface area contributed by atoms with Gasteiger partial charge in [-0.3, -0.25) is 0 Å². The highest BCUT2D eigenvalue weighted by Gasteiger charge is 2.14. The molecule has 5 heteroatoms. The van der Waals surface area contributed by atoms with E-state index in [-0.39, 0.29) is 6.04 Å². The fourth-order valence-corrected chi connectivity index (χ4v) is 1.89. The Morgan fingerprint density at radius 2 is 2.00 bits per heavy atom. The summed E-state index contributed by atoms with van der Waals surface area (Å²) in [7, 11) is 7.40. The molecule has 5 nitrogen and oxygen atoms in total. The molecule has 0 radical (unpaired) electrons. The van der Waals surface area contributed by atoms with Crippen molar-refractivity contribution in [3.05, 3.63) is 23.8 Å². The first kappa shape index (κ1) is 15.8. The minimum Gasteiger partial charge on any atom is -0.497 e. The maximum atomic E-state index is 5.85. The standard InChI is InChI=1S/C14H25N3O2/c1-17(2)8-7-16-13(10-15)12-6-5-11(18-3)9-14(12)19-4/h5-6,9,13,16H,7-8,10,15H2,1-4H3. The van der Waals surface area contributed by atoms with Crippen molar-refractivity contribution >= 4 is 0 Å². The van der Waals surface area contributed by atoms with Gasteiger partial charge >= 0.3 is 0 Å². The summed E-state index contributed by atoms with van der Waals surface area (Å²) in [5.41, 5.74) is 6.91. The van der Waals surface area contributed by atoms with E-state index in [4.69, 9.17) is 15.2 Å². The van der Waals surface area contributed by atoms with Crippen LogP contribution in [0.5, 0.6) is 11.5 Å². The molecule has 0 saturated carbocycles. The van der Waals surface area contributed by atoms with Crippen LogP contribution in [0.2, 0.25) is 0 Å². The predicted molar refractivity (Wildman–Crippen MR) is 77.9 cm³/mol. The van der Waals surface area contributed by atoms with Gasteiger partial charge in [0.2, 0.25) is 0 Å². The van der Waals surface area contributed by atoms with Crippen LogP contribution >= 0.6 is 0 Å². The van der Waals surface area contributed by atoms with Gasteiger partial charge in [0.25, 0.3) is 0 Å². The van der Waals surface area contributed by atoms with Crippen molar-refractivity contribution in [3.63, 3.8) is 0 Å². The number of rotatable bonds is 8. The number of likely N-dealkylation sites (N-methyl/N-ethyl adjacent to an activating group) is 1. The molecule has 1 aromatic rings. The van der Waals surface area contributed by atoms with Gasteiger partial charge in [-0.25, -0.2) is 0 Å². The number of ether oxygens (including phenoxy) is 2. The first-order chi connectivity index (χ1) is 9.12. The van der Waals surface area contributed by atoms with Crippen LogP contribution in [0.1, 0.15) is 11.6 Å². The second kappa shape index (κ2) is 7.99. The number of methoxy groups -OCH3 is 2. The number of hydrogen-bond donors (Lipinski definition) is 2. The van der Waals surface area contributed by atoms with Crippen LogP contribution in [-0.2, 0) is 0 Å². The van der Waals surface area contributed by atoms with Gasteiger partial charge in [-0.1, -0.05) is 6.07 Å². The minimum absolute atomic E-state index is 0.0841. The van der Waals surface area contributed by atoms with Crippen molar-refractivity contribution in [1.29, 1.82) is 0 Å². The van der Waals surface area contributed by atoms with Crippen molar-refractivity contribution in [2.75, 3.05) is 47.9 Å². The fourth-order valence-electron chi connectivity index (χ4n) is 1.89. The van der Waals surface area contributed by atoms with Gasteiger partial charge in [-0.05, 0) is 20.2 Å². The number of hydrogen-bond acceptors (Lipinski definition) is 5. The molecule has 1 rings (SSSR count). The Morgan fingerprint density at radius 3 is 2.53 bits per heavy atom. The quantitative estimate of drug-likeness (QED) is 0.731. The van der Waals surface area contributed by atoms with Crippen LogP contribution in [0.15, 0.2) is 18.2 Å². The molecule has 0 aliphatic heterocycles. The van der Waals surface area contributed by atoms with E-state index >= 15 is 0 Å². The van der Waals surface area contributed by atoms with E-state index in [1.54, 1.807) is 14.2 Å². The van der Waals surface area contributed by atoms with Crippen LogP contribution in [0, 0.1) is 0 Å². The van der Waals surface area contributed by atoms with E-state index in [0.29, 0.717) is 6.54 Å². The van der Waals surface area contributed by atoms with Crippen molar-refractivity contribution in [2.45, 2.75) is 6.04 Å². The van der Waals surface area contributed by atoms with Crippen LogP contribution in [0.25, 0.3) is 0 Å². The first-order valence-electron chi connectivity index (χ1n) is 6.42. The molecule has 19 heavy (non-hydrogen) atoms. The molecule has 0 fully saturated rings. The molecule has 0 spiro atoms. The van der Waals surface area contributed by atoms with E-state index in [1.165, 1.54) is 0 Å². The maximum absolute atomic E-state index is 5.85. The topological polar surface area (TPSA) is 59.8 Å². The second-order valence-corrected chi connectivity index (χ2v) is 4.65. The first-order valence-corrected chi connectivity index (χ1v) is 6.42. The van der Waals surface area contributed by atoms with Crippen LogP contribution in [-0.4, -0.2) is 52.8 Å². The summed E-state index contributed by atoms with van der Waals surface area (Å²) in [4.78, 5) is 2.13. The van der Waals surface area contributed by atoms with Crippen molar-refractivity contribution in [1.82, 2.24) is 10.2 Å². The molecule has 1 atom stereocenters. The normalized spacial score (nSPS) is 12.5. The Balaban J connectivity index is 2.79. The summed E-state index contributed by atoms with van der Waals surface area (Å²) in [5, 5.41) is 3.44. The van der Waals surface area contributed by atoms with Gasteiger partial charge < -0.3 is 25.4 Å². The van der Waals surface area contributed by atoms with Crippen LogP contribution in [0.3, 0.4) is 0 Å². The summed E-state index contributed by atoms with van der Waals surface area (Å²) in [6.07, 6.45) is 0. The fraction of sp³-hybridized carbons (Fsp3) is 0.571. The molecule has 3 N–H and O–H groups in total. The summed E-state index contributed by atoms with van der Waals surface area (Å²) >= 11 is 0. The van der Waals surface area contributed by atoms with Gasteiger partial charge in [-0.15, -0.1) is 0 Å². The zero-order valence-electron chi connectivity index (χ0n) is 12.3.